The highest BCUT2D eigenvalue weighted by Crippen LogP contribution is 1.73. The molecule has 6 heteroatoms. The molecule has 14 heavy (non-hydrogen) atoms. The smallest absolute Gasteiger partial charge is 0.329 e. The lowest BCUT2D eigenvalue weighted by atomic mass is 10.6. The van der Waals surface area contributed by atoms with Crippen LogP contribution in [0.1, 0.15) is 0 Å². The minimum Gasteiger partial charge on any atom is -0.480 e. The second-order valence-electron chi connectivity index (χ2n) is 2.37. The maximum atomic E-state index is 10.9. The fourth-order valence-corrected chi connectivity index (χ4v) is 0.624. The van der Waals surface area contributed by atoms with Crippen molar-refractivity contribution in [2.75, 3.05) is 26.3 Å². The monoisotopic (exact) mass is 202 g/mol. The summed E-state index contributed by atoms with van der Waals surface area (Å²) in [6, 6.07) is -0.330. The zero-order valence-electron chi connectivity index (χ0n) is 7.78. The second-order valence-corrected chi connectivity index (χ2v) is 2.37. The summed E-state index contributed by atoms with van der Waals surface area (Å²) in [4.78, 5) is 20.9. The number of carbonyl (C=O) groups excluding carboxylic acids is 1. The molecule has 0 atom stereocenters. The summed E-state index contributed by atoms with van der Waals surface area (Å²) >= 11 is 0. The Morgan fingerprint density at radius 2 is 2.14 bits per heavy atom. The number of hydrogen-bond donors (Lipinski definition) is 3. The molecule has 0 aromatic heterocycles. The largest absolute Gasteiger partial charge is 0.480 e. The molecule has 80 valence electrons. The summed E-state index contributed by atoms with van der Waals surface area (Å²) in [5.41, 5.74) is 0. The van der Waals surface area contributed by atoms with E-state index < -0.39 is 5.97 Å². The van der Waals surface area contributed by atoms with Crippen molar-refractivity contribution >= 4 is 12.0 Å². The number of aliphatic carboxylic acids is 1. The average Bonchev–Trinajstić information content (AvgIpc) is 2.13. The normalized spacial score (nSPS) is 9.14. The number of ether oxygens (including phenoxy) is 1. The molecule has 0 rings (SSSR count). The maximum absolute atomic E-state index is 10.9. The van der Waals surface area contributed by atoms with Gasteiger partial charge in [-0.25, -0.2) is 9.59 Å². The van der Waals surface area contributed by atoms with Gasteiger partial charge in [-0.2, -0.15) is 0 Å². The van der Waals surface area contributed by atoms with Crippen molar-refractivity contribution in [3.05, 3.63) is 12.7 Å². The Labute approximate surface area is 81.9 Å². The van der Waals surface area contributed by atoms with Crippen molar-refractivity contribution in [3.8, 4) is 0 Å². The highest BCUT2D eigenvalue weighted by atomic mass is 16.5. The van der Waals surface area contributed by atoms with E-state index in [9.17, 15) is 9.59 Å². The molecule has 0 aromatic carbocycles. The van der Waals surface area contributed by atoms with Gasteiger partial charge in [0, 0.05) is 13.1 Å². The quantitative estimate of drug-likeness (QED) is 0.386. The summed E-state index contributed by atoms with van der Waals surface area (Å²) in [5, 5.41) is 13.2. The minimum absolute atomic E-state index is 0.174. The SMILES string of the molecule is C=CCNC(=O)NCCOCC(=O)O. The molecular formula is C8H14N2O4. The van der Waals surface area contributed by atoms with Gasteiger partial charge in [-0.15, -0.1) is 6.58 Å². The first-order chi connectivity index (χ1) is 6.66. The molecule has 0 radical (unpaired) electrons. The van der Waals surface area contributed by atoms with Gasteiger partial charge in [0.2, 0.25) is 0 Å². The van der Waals surface area contributed by atoms with E-state index in [2.05, 4.69) is 21.9 Å². The first-order valence-electron chi connectivity index (χ1n) is 4.09. The number of amides is 2. The number of hydrogen-bond acceptors (Lipinski definition) is 3. The molecule has 0 spiro atoms. The first kappa shape index (κ1) is 12.4. The Hall–Kier alpha value is -1.56. The van der Waals surface area contributed by atoms with Crippen LogP contribution in [0.3, 0.4) is 0 Å². The maximum Gasteiger partial charge on any atom is 0.329 e. The molecular weight excluding hydrogens is 188 g/mol. The van der Waals surface area contributed by atoms with Gasteiger partial charge in [-0.3, -0.25) is 0 Å². The molecule has 3 N–H and O–H groups in total. The van der Waals surface area contributed by atoms with Crippen molar-refractivity contribution in [2.24, 2.45) is 0 Å². The molecule has 0 aliphatic heterocycles. The van der Waals surface area contributed by atoms with Crippen LogP contribution in [0.15, 0.2) is 12.7 Å². The van der Waals surface area contributed by atoms with E-state index in [-0.39, 0.29) is 25.8 Å². The average molecular weight is 202 g/mol. The van der Waals surface area contributed by atoms with Crippen molar-refractivity contribution < 1.29 is 19.4 Å². The van der Waals surface area contributed by atoms with E-state index in [0.717, 1.165) is 0 Å². The number of urea groups is 1. The second kappa shape index (κ2) is 8.06. The van der Waals surface area contributed by atoms with Gasteiger partial charge in [-0.1, -0.05) is 6.08 Å². The first-order valence-corrected chi connectivity index (χ1v) is 4.09. The summed E-state index contributed by atoms with van der Waals surface area (Å²) < 4.78 is 4.69. The third kappa shape index (κ3) is 8.54. The van der Waals surface area contributed by atoms with E-state index in [1.807, 2.05) is 0 Å². The molecule has 0 unspecified atom stereocenters. The predicted octanol–water partition coefficient (Wildman–Crippen LogP) is -0.427. The molecule has 0 aliphatic rings. The van der Waals surface area contributed by atoms with Gasteiger partial charge >= 0.3 is 12.0 Å². The van der Waals surface area contributed by atoms with Gasteiger partial charge in [0.15, 0.2) is 0 Å². The van der Waals surface area contributed by atoms with Crippen molar-refractivity contribution in [1.29, 1.82) is 0 Å². The molecule has 0 aromatic rings. The highest BCUT2D eigenvalue weighted by molar-refractivity contribution is 5.73. The van der Waals surface area contributed by atoms with E-state index in [0.29, 0.717) is 6.54 Å². The van der Waals surface area contributed by atoms with Crippen LogP contribution in [-0.2, 0) is 9.53 Å². The van der Waals surface area contributed by atoms with Crippen LogP contribution in [0.25, 0.3) is 0 Å². The number of rotatable bonds is 7. The molecule has 2 amide bonds. The van der Waals surface area contributed by atoms with Crippen LogP contribution in [0.4, 0.5) is 4.79 Å². The van der Waals surface area contributed by atoms with Gasteiger partial charge in [-0.05, 0) is 0 Å². The van der Waals surface area contributed by atoms with Crippen molar-refractivity contribution in [2.45, 2.75) is 0 Å². The predicted molar refractivity (Wildman–Crippen MR) is 50.1 cm³/mol. The third-order valence-corrected chi connectivity index (χ3v) is 1.16. The number of nitrogens with one attached hydrogen (secondary N) is 2. The zero-order chi connectivity index (χ0) is 10.8. The van der Waals surface area contributed by atoms with Gasteiger partial charge in [0.25, 0.3) is 0 Å². The topological polar surface area (TPSA) is 87.7 Å². The molecule has 0 saturated carbocycles. The Morgan fingerprint density at radius 3 is 2.71 bits per heavy atom. The lowest BCUT2D eigenvalue weighted by Gasteiger charge is -2.05. The number of carboxylic acids is 1. The Kier molecular flexibility index (Phi) is 7.16. The Bertz CT molecular complexity index is 206. The van der Waals surface area contributed by atoms with E-state index in [1.165, 1.54) is 0 Å². The minimum atomic E-state index is -1.03. The van der Waals surface area contributed by atoms with Crippen LogP contribution in [0, 0.1) is 0 Å². The van der Waals surface area contributed by atoms with Crippen molar-refractivity contribution in [1.82, 2.24) is 10.6 Å². The summed E-state index contributed by atoms with van der Waals surface area (Å²) in [6.45, 7) is 3.92. The number of carboxylic acid groups (broad SMARTS) is 1. The lowest BCUT2D eigenvalue weighted by molar-refractivity contribution is -0.142. The fourth-order valence-electron chi connectivity index (χ4n) is 0.624. The molecule has 0 heterocycles. The van der Waals surface area contributed by atoms with Gasteiger partial charge in [0.1, 0.15) is 6.61 Å². The van der Waals surface area contributed by atoms with Gasteiger partial charge in [0.05, 0.1) is 6.61 Å². The Balaban J connectivity index is 3.22. The van der Waals surface area contributed by atoms with Crippen LogP contribution in [0.2, 0.25) is 0 Å². The standard InChI is InChI=1S/C8H14N2O4/c1-2-3-9-8(13)10-4-5-14-6-7(11)12/h2H,1,3-6H2,(H,11,12)(H2,9,10,13). The Morgan fingerprint density at radius 1 is 1.43 bits per heavy atom. The van der Waals surface area contributed by atoms with E-state index >= 15 is 0 Å². The van der Waals surface area contributed by atoms with Crippen LogP contribution < -0.4 is 10.6 Å². The number of carbonyl (C=O) groups is 2. The third-order valence-electron chi connectivity index (χ3n) is 1.16. The van der Waals surface area contributed by atoms with E-state index in [4.69, 9.17) is 5.11 Å². The van der Waals surface area contributed by atoms with Crippen LogP contribution in [0.5, 0.6) is 0 Å². The van der Waals surface area contributed by atoms with Crippen molar-refractivity contribution in [3.63, 3.8) is 0 Å². The highest BCUT2D eigenvalue weighted by Gasteiger charge is 1.98. The van der Waals surface area contributed by atoms with E-state index in [1.54, 1.807) is 6.08 Å². The van der Waals surface area contributed by atoms with Crippen LogP contribution >= 0.6 is 0 Å². The molecule has 6 nitrogen and oxygen atoms in total. The fraction of sp³-hybridized carbons (Fsp3) is 0.500. The van der Waals surface area contributed by atoms with Crippen LogP contribution in [-0.4, -0.2) is 43.4 Å². The molecule has 0 bridgehead atoms. The zero-order valence-corrected chi connectivity index (χ0v) is 7.78. The summed E-state index contributed by atoms with van der Waals surface area (Å²) in [6.07, 6.45) is 1.56. The molecule has 0 aliphatic carbocycles. The molecule has 0 saturated heterocycles. The lowest BCUT2D eigenvalue weighted by Crippen LogP contribution is -2.37. The molecule has 0 fully saturated rings. The summed E-state index contributed by atoms with van der Waals surface area (Å²) in [7, 11) is 0. The summed E-state index contributed by atoms with van der Waals surface area (Å²) in [5.74, 6) is -1.03. The van der Waals surface area contributed by atoms with Gasteiger partial charge < -0.3 is 20.5 Å².